The molecule has 132 valence electrons. The molecule has 9 heteroatoms. The maximum atomic E-state index is 12.2. The summed E-state index contributed by atoms with van der Waals surface area (Å²) in [5, 5.41) is 2.76. The molecular formula is C15H21N3O5S. The number of hydrogen-bond donors (Lipinski definition) is 2. The van der Waals surface area contributed by atoms with Gasteiger partial charge in [-0.2, -0.15) is 0 Å². The number of benzene rings is 1. The molecular weight excluding hydrogens is 334 g/mol. The van der Waals surface area contributed by atoms with Gasteiger partial charge in [-0.15, -0.1) is 0 Å². The number of nitrogens with zero attached hydrogens (tertiary/aromatic N) is 1. The molecule has 2 amide bonds. The van der Waals surface area contributed by atoms with E-state index in [1.807, 2.05) is 12.1 Å². The molecule has 1 saturated heterocycles. The fourth-order valence-electron chi connectivity index (χ4n) is 2.54. The van der Waals surface area contributed by atoms with Crippen molar-refractivity contribution in [3.8, 4) is 5.75 Å². The Balaban J connectivity index is 1.91. The molecule has 0 aliphatic carbocycles. The van der Waals surface area contributed by atoms with Crippen LogP contribution in [-0.2, 0) is 19.6 Å². The van der Waals surface area contributed by atoms with Crippen molar-refractivity contribution >= 4 is 27.5 Å². The van der Waals surface area contributed by atoms with Crippen molar-refractivity contribution in [2.24, 2.45) is 0 Å². The zero-order valence-corrected chi connectivity index (χ0v) is 14.4. The summed E-state index contributed by atoms with van der Waals surface area (Å²) in [4.78, 5) is 25.6. The Morgan fingerprint density at radius 1 is 1.38 bits per heavy atom. The predicted molar refractivity (Wildman–Crippen MR) is 89.4 cm³/mol. The number of sulfonamides is 1. The molecule has 1 aromatic rings. The highest BCUT2D eigenvalue weighted by atomic mass is 32.2. The second kappa shape index (κ2) is 7.63. The number of rotatable bonds is 7. The van der Waals surface area contributed by atoms with Gasteiger partial charge in [-0.25, -0.2) is 13.1 Å². The molecule has 0 spiro atoms. The average Bonchev–Trinajstić information content (AvgIpc) is 2.86. The van der Waals surface area contributed by atoms with Crippen LogP contribution in [0.1, 0.15) is 12.8 Å². The van der Waals surface area contributed by atoms with Gasteiger partial charge in [-0.3, -0.25) is 9.59 Å². The van der Waals surface area contributed by atoms with Gasteiger partial charge in [-0.1, -0.05) is 12.1 Å². The van der Waals surface area contributed by atoms with E-state index in [2.05, 4.69) is 10.0 Å². The molecule has 2 N–H and O–H groups in total. The minimum atomic E-state index is -3.31. The lowest BCUT2D eigenvalue weighted by atomic mass is 10.2. The predicted octanol–water partition coefficient (Wildman–Crippen LogP) is -0.144. The summed E-state index contributed by atoms with van der Waals surface area (Å²) in [5.74, 6) is 0.195. The Morgan fingerprint density at radius 3 is 2.75 bits per heavy atom. The molecule has 0 bridgehead atoms. The SMILES string of the molecule is COc1ccccc1N1CC(NC(=O)CCNS(C)(=O)=O)CC1=O. The minimum Gasteiger partial charge on any atom is -0.495 e. The zero-order valence-electron chi connectivity index (χ0n) is 13.6. The van der Waals surface area contributed by atoms with Crippen molar-refractivity contribution in [3.63, 3.8) is 0 Å². The number of nitrogens with one attached hydrogen (secondary N) is 2. The van der Waals surface area contributed by atoms with Gasteiger partial charge in [0.2, 0.25) is 21.8 Å². The van der Waals surface area contributed by atoms with E-state index >= 15 is 0 Å². The fraction of sp³-hybridized carbons (Fsp3) is 0.467. The quantitative estimate of drug-likeness (QED) is 0.708. The standard InChI is InChI=1S/C15H21N3O5S/c1-23-13-6-4-3-5-12(13)18-10-11(9-15(18)20)17-14(19)7-8-16-24(2,21)22/h3-6,11,16H,7-10H2,1-2H3,(H,17,19). The van der Waals surface area contributed by atoms with E-state index in [1.54, 1.807) is 17.0 Å². The van der Waals surface area contributed by atoms with Crippen LogP contribution in [0.5, 0.6) is 5.75 Å². The van der Waals surface area contributed by atoms with Gasteiger partial charge in [0.05, 0.1) is 25.1 Å². The van der Waals surface area contributed by atoms with Crippen LogP contribution >= 0.6 is 0 Å². The Kier molecular flexibility index (Phi) is 5.79. The molecule has 1 unspecified atom stereocenters. The molecule has 1 aliphatic heterocycles. The number of methoxy groups -OCH3 is 1. The lowest BCUT2D eigenvalue weighted by Crippen LogP contribution is -2.38. The molecule has 1 atom stereocenters. The number of carbonyl (C=O) groups excluding carboxylic acids is 2. The van der Waals surface area contributed by atoms with Crippen LogP contribution in [0.4, 0.5) is 5.69 Å². The van der Waals surface area contributed by atoms with E-state index in [4.69, 9.17) is 4.74 Å². The lowest BCUT2D eigenvalue weighted by Gasteiger charge is -2.19. The van der Waals surface area contributed by atoms with E-state index < -0.39 is 10.0 Å². The second-order valence-corrected chi connectivity index (χ2v) is 7.39. The summed E-state index contributed by atoms with van der Waals surface area (Å²) in [6.07, 6.45) is 1.25. The van der Waals surface area contributed by atoms with Crippen LogP contribution in [0.25, 0.3) is 0 Å². The van der Waals surface area contributed by atoms with Crippen molar-refractivity contribution in [2.45, 2.75) is 18.9 Å². The third-order valence-electron chi connectivity index (χ3n) is 3.58. The highest BCUT2D eigenvalue weighted by molar-refractivity contribution is 7.88. The van der Waals surface area contributed by atoms with E-state index in [9.17, 15) is 18.0 Å². The molecule has 0 saturated carbocycles. The van der Waals surface area contributed by atoms with E-state index in [-0.39, 0.29) is 37.2 Å². The molecule has 2 rings (SSSR count). The Labute approximate surface area is 141 Å². The first kappa shape index (κ1) is 18.2. The molecule has 0 aromatic heterocycles. The molecule has 0 radical (unpaired) electrons. The molecule has 1 heterocycles. The summed E-state index contributed by atoms with van der Waals surface area (Å²) < 4.78 is 29.4. The maximum Gasteiger partial charge on any atom is 0.229 e. The number of amides is 2. The topological polar surface area (TPSA) is 105 Å². The van der Waals surface area contributed by atoms with Crippen LogP contribution in [0.2, 0.25) is 0 Å². The zero-order chi connectivity index (χ0) is 17.7. The summed E-state index contributed by atoms with van der Waals surface area (Å²) in [6.45, 7) is 0.381. The number of carbonyl (C=O) groups is 2. The van der Waals surface area contributed by atoms with Crippen LogP contribution < -0.4 is 19.7 Å². The summed E-state index contributed by atoms with van der Waals surface area (Å²) in [7, 11) is -1.78. The number of para-hydroxylation sites is 2. The molecule has 8 nitrogen and oxygen atoms in total. The summed E-state index contributed by atoms with van der Waals surface area (Å²) in [6, 6.07) is 6.88. The Bertz CT molecular complexity index is 720. The van der Waals surface area contributed by atoms with Gasteiger partial charge in [0, 0.05) is 25.9 Å². The van der Waals surface area contributed by atoms with Crippen molar-refractivity contribution in [3.05, 3.63) is 24.3 Å². The fourth-order valence-corrected chi connectivity index (χ4v) is 3.01. The second-order valence-electron chi connectivity index (χ2n) is 5.56. The average molecular weight is 355 g/mol. The van der Waals surface area contributed by atoms with Crippen LogP contribution in [-0.4, -0.2) is 52.7 Å². The van der Waals surface area contributed by atoms with Crippen molar-refractivity contribution in [1.29, 1.82) is 0 Å². The number of ether oxygens (including phenoxy) is 1. The van der Waals surface area contributed by atoms with Gasteiger partial charge in [-0.05, 0) is 12.1 Å². The first-order chi connectivity index (χ1) is 11.3. The van der Waals surface area contributed by atoms with Gasteiger partial charge < -0.3 is 15.0 Å². The Hall–Kier alpha value is -2.13. The van der Waals surface area contributed by atoms with E-state index in [0.717, 1.165) is 6.26 Å². The summed E-state index contributed by atoms with van der Waals surface area (Å²) in [5.41, 5.74) is 0.667. The van der Waals surface area contributed by atoms with Crippen LogP contribution in [0.15, 0.2) is 24.3 Å². The molecule has 1 fully saturated rings. The number of hydrogen-bond acceptors (Lipinski definition) is 5. The molecule has 1 aliphatic rings. The van der Waals surface area contributed by atoms with Crippen molar-refractivity contribution in [2.75, 3.05) is 31.4 Å². The normalized spacial score (nSPS) is 17.8. The summed E-state index contributed by atoms with van der Waals surface area (Å²) >= 11 is 0. The molecule has 1 aromatic carbocycles. The molecule has 24 heavy (non-hydrogen) atoms. The smallest absolute Gasteiger partial charge is 0.229 e. The lowest BCUT2D eigenvalue weighted by molar-refractivity contribution is -0.121. The largest absolute Gasteiger partial charge is 0.495 e. The Morgan fingerprint density at radius 2 is 2.08 bits per heavy atom. The third-order valence-corrected chi connectivity index (χ3v) is 4.31. The van der Waals surface area contributed by atoms with E-state index in [0.29, 0.717) is 18.0 Å². The third kappa shape index (κ3) is 4.93. The maximum absolute atomic E-state index is 12.2. The first-order valence-corrected chi connectivity index (χ1v) is 9.36. The van der Waals surface area contributed by atoms with Gasteiger partial charge in [0.15, 0.2) is 0 Å². The highest BCUT2D eigenvalue weighted by Gasteiger charge is 2.32. The van der Waals surface area contributed by atoms with Crippen LogP contribution in [0.3, 0.4) is 0 Å². The monoisotopic (exact) mass is 355 g/mol. The van der Waals surface area contributed by atoms with Crippen LogP contribution in [0, 0.1) is 0 Å². The highest BCUT2D eigenvalue weighted by Crippen LogP contribution is 2.30. The first-order valence-electron chi connectivity index (χ1n) is 7.47. The number of anilines is 1. The van der Waals surface area contributed by atoms with Gasteiger partial charge in [0.1, 0.15) is 5.75 Å². The van der Waals surface area contributed by atoms with Gasteiger partial charge in [0.25, 0.3) is 0 Å². The van der Waals surface area contributed by atoms with Crippen molar-refractivity contribution in [1.82, 2.24) is 10.0 Å². The van der Waals surface area contributed by atoms with E-state index in [1.165, 1.54) is 7.11 Å². The minimum absolute atomic E-state index is 0.0203. The van der Waals surface area contributed by atoms with Crippen molar-refractivity contribution < 1.29 is 22.7 Å². The van der Waals surface area contributed by atoms with Gasteiger partial charge >= 0.3 is 0 Å².